The van der Waals surface area contributed by atoms with Crippen LogP contribution in [0.5, 0.6) is 0 Å². The van der Waals surface area contributed by atoms with Gasteiger partial charge in [-0.25, -0.2) is 9.59 Å². The van der Waals surface area contributed by atoms with Gasteiger partial charge in [-0.2, -0.15) is 0 Å². The van der Waals surface area contributed by atoms with Crippen molar-refractivity contribution in [2.24, 2.45) is 0 Å². The van der Waals surface area contributed by atoms with Gasteiger partial charge in [0.1, 0.15) is 18.2 Å². The molecule has 10 nitrogen and oxygen atoms in total. The first-order valence-electron chi connectivity index (χ1n) is 12.9. The number of para-hydroxylation sites is 1. The van der Waals surface area contributed by atoms with Crippen molar-refractivity contribution in [3.8, 4) is 0 Å². The summed E-state index contributed by atoms with van der Waals surface area (Å²) in [6.45, 7) is 7.53. The maximum atomic E-state index is 13.2. The van der Waals surface area contributed by atoms with Crippen LogP contribution in [0.15, 0.2) is 48.5 Å². The third kappa shape index (κ3) is 12.3. The molecule has 0 aromatic heterocycles. The number of carbonyl (C=O) groups is 4. The number of ether oxygens (including phenoxy) is 3. The zero-order valence-electron chi connectivity index (χ0n) is 23.3. The molecule has 0 saturated heterocycles. The Balaban J connectivity index is 1.96. The van der Waals surface area contributed by atoms with E-state index in [9.17, 15) is 19.2 Å². The van der Waals surface area contributed by atoms with Gasteiger partial charge in [0.2, 0.25) is 5.91 Å². The quantitative estimate of drug-likeness (QED) is 0.203. The maximum Gasteiger partial charge on any atom is 0.408 e. The number of anilines is 1. The molecule has 0 aliphatic heterocycles. The summed E-state index contributed by atoms with van der Waals surface area (Å²) in [5.41, 5.74) is 2.50. The van der Waals surface area contributed by atoms with Gasteiger partial charge in [-0.15, -0.1) is 0 Å². The fourth-order valence-electron chi connectivity index (χ4n) is 3.64. The van der Waals surface area contributed by atoms with Crippen molar-refractivity contribution in [2.45, 2.75) is 71.6 Å². The van der Waals surface area contributed by atoms with Crippen molar-refractivity contribution in [1.29, 1.82) is 0 Å². The largest absolute Gasteiger partial charge is 0.469 e. The topological polar surface area (TPSA) is 132 Å². The molecule has 0 aliphatic carbocycles. The van der Waals surface area contributed by atoms with Crippen LogP contribution in [0, 0.1) is 6.92 Å². The summed E-state index contributed by atoms with van der Waals surface area (Å²) in [5, 5.41) is 8.13. The highest BCUT2D eigenvalue weighted by Gasteiger charge is 2.25. The first kappa shape index (κ1) is 31.1. The van der Waals surface area contributed by atoms with Gasteiger partial charge in [0, 0.05) is 18.7 Å². The lowest BCUT2D eigenvalue weighted by atomic mass is 10.1. The molecule has 2 aromatic rings. The molecule has 0 saturated carbocycles. The summed E-state index contributed by atoms with van der Waals surface area (Å²) in [7, 11) is 1.32. The second-order valence-corrected chi connectivity index (χ2v) is 10.1. The molecule has 10 heteroatoms. The van der Waals surface area contributed by atoms with Crippen LogP contribution in [0.2, 0.25) is 0 Å². The van der Waals surface area contributed by atoms with Crippen LogP contribution < -0.4 is 16.0 Å². The first-order chi connectivity index (χ1) is 18.5. The number of hydrogen-bond acceptors (Lipinski definition) is 7. The van der Waals surface area contributed by atoms with E-state index < -0.39 is 29.7 Å². The number of alkyl carbamates (subject to hydrolysis) is 2. The third-order valence-electron chi connectivity index (χ3n) is 5.50. The Labute approximate surface area is 229 Å². The van der Waals surface area contributed by atoms with E-state index in [2.05, 4.69) is 16.0 Å². The lowest BCUT2D eigenvalue weighted by Gasteiger charge is -2.23. The number of amides is 3. The summed E-state index contributed by atoms with van der Waals surface area (Å²) in [6, 6.07) is 13.8. The normalized spacial score (nSPS) is 11.6. The number of esters is 1. The first-order valence-corrected chi connectivity index (χ1v) is 12.9. The zero-order valence-corrected chi connectivity index (χ0v) is 23.3. The van der Waals surface area contributed by atoms with E-state index in [4.69, 9.17) is 14.2 Å². The lowest BCUT2D eigenvalue weighted by Crippen LogP contribution is -2.46. The summed E-state index contributed by atoms with van der Waals surface area (Å²) in [6.07, 6.45) is -0.147. The number of methoxy groups -OCH3 is 1. The molecule has 0 unspecified atom stereocenters. The standard InChI is InChI=1S/C29H39N3O7/c1-20-10-8-11-21(18-20)19-38-27(35)30-17-9-14-24(32-28(36)39-29(2,3)4)26(34)31-23-13-7-6-12-22(23)15-16-25(33)37-5/h6-8,10-13,18,24H,9,14-17,19H2,1-5H3,(H,30,35)(H,31,34)(H,32,36)/t24-/m0/s1. The predicted molar refractivity (Wildman–Crippen MR) is 147 cm³/mol. The van der Waals surface area contributed by atoms with Gasteiger partial charge >= 0.3 is 18.2 Å². The van der Waals surface area contributed by atoms with E-state index >= 15 is 0 Å². The Bertz CT molecular complexity index is 1130. The van der Waals surface area contributed by atoms with Crippen molar-refractivity contribution in [3.63, 3.8) is 0 Å². The van der Waals surface area contributed by atoms with Crippen molar-refractivity contribution >= 4 is 29.8 Å². The maximum absolute atomic E-state index is 13.2. The molecule has 212 valence electrons. The zero-order chi connectivity index (χ0) is 28.8. The van der Waals surface area contributed by atoms with Crippen LogP contribution >= 0.6 is 0 Å². The monoisotopic (exact) mass is 541 g/mol. The highest BCUT2D eigenvalue weighted by molar-refractivity contribution is 5.97. The fourth-order valence-corrected chi connectivity index (χ4v) is 3.64. The second-order valence-electron chi connectivity index (χ2n) is 10.1. The number of aryl methyl sites for hydroxylation is 2. The average Bonchev–Trinajstić information content (AvgIpc) is 2.87. The minimum atomic E-state index is -0.932. The Hall–Kier alpha value is -4.08. The van der Waals surface area contributed by atoms with Crippen molar-refractivity contribution in [1.82, 2.24) is 10.6 Å². The molecule has 2 aromatic carbocycles. The SMILES string of the molecule is COC(=O)CCc1ccccc1NC(=O)[C@H](CCCNC(=O)OCc1cccc(C)c1)NC(=O)OC(C)(C)C. The van der Waals surface area contributed by atoms with E-state index in [-0.39, 0.29) is 32.0 Å². The van der Waals surface area contributed by atoms with E-state index in [0.29, 0.717) is 18.5 Å². The highest BCUT2D eigenvalue weighted by atomic mass is 16.6. The Morgan fingerprint density at radius 1 is 0.974 bits per heavy atom. The molecule has 0 radical (unpaired) electrons. The van der Waals surface area contributed by atoms with Gasteiger partial charge in [0.25, 0.3) is 0 Å². The predicted octanol–water partition coefficient (Wildman–Crippen LogP) is 4.64. The third-order valence-corrected chi connectivity index (χ3v) is 5.50. The molecule has 0 spiro atoms. The molecule has 3 N–H and O–H groups in total. The number of hydrogen-bond donors (Lipinski definition) is 3. The van der Waals surface area contributed by atoms with Gasteiger partial charge in [-0.1, -0.05) is 48.0 Å². The van der Waals surface area contributed by atoms with E-state index in [1.807, 2.05) is 37.3 Å². The van der Waals surface area contributed by atoms with Crippen LogP contribution in [0.25, 0.3) is 0 Å². The number of rotatable bonds is 12. The molecule has 1 atom stereocenters. The van der Waals surface area contributed by atoms with Crippen molar-refractivity contribution < 1.29 is 33.4 Å². The van der Waals surface area contributed by atoms with Gasteiger partial charge in [0.15, 0.2) is 0 Å². The Morgan fingerprint density at radius 3 is 2.41 bits per heavy atom. The van der Waals surface area contributed by atoms with Crippen LogP contribution in [0.1, 0.15) is 56.7 Å². The summed E-state index contributed by atoms with van der Waals surface area (Å²) in [4.78, 5) is 49.3. The fraction of sp³-hybridized carbons (Fsp3) is 0.448. The van der Waals surface area contributed by atoms with Crippen LogP contribution in [0.3, 0.4) is 0 Å². The highest BCUT2D eigenvalue weighted by Crippen LogP contribution is 2.18. The van der Waals surface area contributed by atoms with Gasteiger partial charge in [0.05, 0.1) is 7.11 Å². The van der Waals surface area contributed by atoms with Crippen molar-refractivity contribution in [3.05, 3.63) is 65.2 Å². The van der Waals surface area contributed by atoms with Crippen LogP contribution in [-0.4, -0.2) is 49.4 Å². The molecule has 0 fully saturated rings. The number of carbonyl (C=O) groups excluding carboxylic acids is 4. The van der Waals surface area contributed by atoms with Crippen LogP contribution in [0.4, 0.5) is 15.3 Å². The molecule has 0 heterocycles. The molecular formula is C29H39N3O7. The Kier molecular flexibility index (Phi) is 12.3. The van der Waals surface area contributed by atoms with E-state index in [1.165, 1.54) is 7.11 Å². The number of benzene rings is 2. The summed E-state index contributed by atoms with van der Waals surface area (Å²) >= 11 is 0. The molecular weight excluding hydrogens is 502 g/mol. The van der Waals surface area contributed by atoms with Gasteiger partial charge < -0.3 is 30.2 Å². The second kappa shape index (κ2) is 15.4. The van der Waals surface area contributed by atoms with Gasteiger partial charge in [-0.05, 0) is 64.2 Å². The number of nitrogens with one attached hydrogen (secondary N) is 3. The molecule has 2 rings (SSSR count). The smallest absolute Gasteiger partial charge is 0.408 e. The summed E-state index contributed by atoms with van der Waals surface area (Å²) < 4.78 is 15.3. The van der Waals surface area contributed by atoms with Crippen molar-refractivity contribution in [2.75, 3.05) is 19.0 Å². The molecule has 0 aliphatic rings. The minimum absolute atomic E-state index is 0.147. The molecule has 0 bridgehead atoms. The van der Waals surface area contributed by atoms with E-state index in [0.717, 1.165) is 16.7 Å². The summed E-state index contributed by atoms with van der Waals surface area (Å²) in [5.74, 6) is -0.807. The lowest BCUT2D eigenvalue weighted by molar-refractivity contribution is -0.140. The molecule has 3 amide bonds. The Morgan fingerprint density at radius 2 is 1.72 bits per heavy atom. The minimum Gasteiger partial charge on any atom is -0.469 e. The van der Waals surface area contributed by atoms with E-state index in [1.54, 1.807) is 39.0 Å². The van der Waals surface area contributed by atoms with Gasteiger partial charge in [-0.3, -0.25) is 9.59 Å². The average molecular weight is 542 g/mol. The molecule has 39 heavy (non-hydrogen) atoms. The van der Waals surface area contributed by atoms with Crippen LogP contribution in [-0.2, 0) is 36.8 Å².